The Bertz CT molecular complexity index is 331. The molecule has 1 aliphatic rings. The molecule has 2 N–H and O–H groups in total. The third-order valence-electron chi connectivity index (χ3n) is 2.92. The SMILES string of the molecule is O=C(NCCc1ncno1)C1CCCCCN1. The lowest BCUT2D eigenvalue weighted by Gasteiger charge is -2.14. The summed E-state index contributed by atoms with van der Waals surface area (Å²) >= 11 is 0. The number of rotatable bonds is 4. The molecule has 1 aliphatic heterocycles. The number of carbonyl (C=O) groups is 1. The first-order valence-electron chi connectivity index (χ1n) is 6.13. The van der Waals surface area contributed by atoms with E-state index in [1.54, 1.807) is 0 Å². The van der Waals surface area contributed by atoms with E-state index in [4.69, 9.17) is 4.52 Å². The number of hydrogen-bond donors (Lipinski definition) is 2. The summed E-state index contributed by atoms with van der Waals surface area (Å²) in [6, 6.07) is -0.0415. The third-order valence-corrected chi connectivity index (χ3v) is 2.92. The lowest BCUT2D eigenvalue weighted by molar-refractivity contribution is -0.123. The maximum absolute atomic E-state index is 11.8. The van der Waals surface area contributed by atoms with Gasteiger partial charge in [0.2, 0.25) is 11.8 Å². The smallest absolute Gasteiger partial charge is 0.237 e. The van der Waals surface area contributed by atoms with Gasteiger partial charge >= 0.3 is 0 Å². The van der Waals surface area contributed by atoms with Crippen molar-refractivity contribution in [2.75, 3.05) is 13.1 Å². The Labute approximate surface area is 100 Å². The molecule has 0 aliphatic carbocycles. The standard InChI is InChI=1S/C11H18N4O2/c16-11(9-4-2-1-3-6-12-9)13-7-5-10-14-8-15-17-10/h8-9,12H,1-7H2,(H,13,16). The summed E-state index contributed by atoms with van der Waals surface area (Å²) in [6.45, 7) is 1.47. The minimum atomic E-state index is -0.0415. The van der Waals surface area contributed by atoms with Gasteiger partial charge in [0.05, 0.1) is 6.04 Å². The Morgan fingerprint density at radius 1 is 1.53 bits per heavy atom. The van der Waals surface area contributed by atoms with E-state index in [0.717, 1.165) is 25.8 Å². The minimum absolute atomic E-state index is 0.0415. The largest absolute Gasteiger partial charge is 0.354 e. The molecule has 6 nitrogen and oxygen atoms in total. The van der Waals surface area contributed by atoms with Crippen molar-refractivity contribution < 1.29 is 9.32 Å². The van der Waals surface area contributed by atoms with E-state index in [1.807, 2.05) is 0 Å². The van der Waals surface area contributed by atoms with Crippen LogP contribution in [0.1, 0.15) is 31.6 Å². The van der Waals surface area contributed by atoms with Crippen molar-refractivity contribution in [2.24, 2.45) is 0 Å². The Hall–Kier alpha value is -1.43. The van der Waals surface area contributed by atoms with Crippen molar-refractivity contribution >= 4 is 5.91 Å². The molecule has 0 aromatic carbocycles. The van der Waals surface area contributed by atoms with Crippen LogP contribution in [0.2, 0.25) is 0 Å². The molecular formula is C11H18N4O2. The van der Waals surface area contributed by atoms with Gasteiger partial charge in [0, 0.05) is 13.0 Å². The van der Waals surface area contributed by atoms with E-state index < -0.39 is 0 Å². The average Bonchev–Trinajstić information content (AvgIpc) is 2.69. The van der Waals surface area contributed by atoms with E-state index in [9.17, 15) is 4.79 Å². The highest BCUT2D eigenvalue weighted by Gasteiger charge is 2.18. The van der Waals surface area contributed by atoms with Gasteiger partial charge in [0.1, 0.15) is 0 Å². The third kappa shape index (κ3) is 3.81. The first-order valence-corrected chi connectivity index (χ1v) is 6.13. The molecule has 1 unspecified atom stereocenters. The molecule has 6 heteroatoms. The Morgan fingerprint density at radius 2 is 2.47 bits per heavy atom. The highest BCUT2D eigenvalue weighted by Crippen LogP contribution is 2.08. The van der Waals surface area contributed by atoms with Crippen LogP contribution in [-0.4, -0.2) is 35.2 Å². The molecule has 1 saturated heterocycles. The van der Waals surface area contributed by atoms with E-state index in [2.05, 4.69) is 20.8 Å². The monoisotopic (exact) mass is 238 g/mol. The Morgan fingerprint density at radius 3 is 3.29 bits per heavy atom. The molecule has 94 valence electrons. The average molecular weight is 238 g/mol. The van der Waals surface area contributed by atoms with Crippen molar-refractivity contribution in [3.63, 3.8) is 0 Å². The van der Waals surface area contributed by atoms with Gasteiger partial charge in [-0.2, -0.15) is 4.98 Å². The van der Waals surface area contributed by atoms with Crippen LogP contribution in [0, 0.1) is 0 Å². The van der Waals surface area contributed by atoms with Gasteiger partial charge in [-0.25, -0.2) is 0 Å². The quantitative estimate of drug-likeness (QED) is 0.786. The van der Waals surface area contributed by atoms with Crippen LogP contribution in [-0.2, 0) is 11.2 Å². The maximum atomic E-state index is 11.8. The van der Waals surface area contributed by atoms with Gasteiger partial charge in [-0.05, 0) is 19.4 Å². The van der Waals surface area contributed by atoms with Crippen LogP contribution in [0.25, 0.3) is 0 Å². The fraction of sp³-hybridized carbons (Fsp3) is 0.727. The molecule has 2 rings (SSSR count). The number of nitrogens with one attached hydrogen (secondary N) is 2. The fourth-order valence-electron chi connectivity index (χ4n) is 1.97. The second-order valence-electron chi connectivity index (χ2n) is 4.23. The molecule has 2 heterocycles. The predicted octanol–water partition coefficient (Wildman–Crippen LogP) is 0.260. The summed E-state index contributed by atoms with van der Waals surface area (Å²) < 4.78 is 4.85. The number of aromatic nitrogens is 2. The molecule has 0 saturated carbocycles. The number of nitrogens with zero attached hydrogens (tertiary/aromatic N) is 2. The highest BCUT2D eigenvalue weighted by atomic mass is 16.5. The molecule has 17 heavy (non-hydrogen) atoms. The number of hydrogen-bond acceptors (Lipinski definition) is 5. The molecular weight excluding hydrogens is 220 g/mol. The topological polar surface area (TPSA) is 80.1 Å². The van der Waals surface area contributed by atoms with Crippen LogP contribution >= 0.6 is 0 Å². The van der Waals surface area contributed by atoms with Gasteiger partial charge in [-0.3, -0.25) is 4.79 Å². The molecule has 1 aromatic heterocycles. The molecule has 0 bridgehead atoms. The lowest BCUT2D eigenvalue weighted by Crippen LogP contribution is -2.44. The summed E-state index contributed by atoms with van der Waals surface area (Å²) in [5.74, 6) is 0.630. The minimum Gasteiger partial charge on any atom is -0.354 e. The Kier molecular flexibility index (Phi) is 4.49. The maximum Gasteiger partial charge on any atom is 0.237 e. The second-order valence-corrected chi connectivity index (χ2v) is 4.23. The zero-order valence-corrected chi connectivity index (χ0v) is 9.82. The Balaban J connectivity index is 1.69. The van der Waals surface area contributed by atoms with Gasteiger partial charge in [-0.1, -0.05) is 18.0 Å². The molecule has 0 spiro atoms. The van der Waals surface area contributed by atoms with Crippen molar-refractivity contribution in [1.82, 2.24) is 20.8 Å². The first-order chi connectivity index (χ1) is 8.36. The zero-order valence-electron chi connectivity index (χ0n) is 9.82. The summed E-state index contributed by atoms with van der Waals surface area (Å²) in [5, 5.41) is 9.66. The van der Waals surface area contributed by atoms with Crippen molar-refractivity contribution in [2.45, 2.75) is 38.1 Å². The first kappa shape index (κ1) is 12.0. The van der Waals surface area contributed by atoms with Crippen molar-refractivity contribution in [1.29, 1.82) is 0 Å². The van der Waals surface area contributed by atoms with E-state index in [0.29, 0.717) is 18.9 Å². The molecule has 0 radical (unpaired) electrons. The van der Waals surface area contributed by atoms with E-state index in [1.165, 1.54) is 12.7 Å². The van der Waals surface area contributed by atoms with Crippen LogP contribution in [0.3, 0.4) is 0 Å². The van der Waals surface area contributed by atoms with Crippen molar-refractivity contribution in [3.8, 4) is 0 Å². The van der Waals surface area contributed by atoms with Gasteiger partial charge in [0.25, 0.3) is 0 Å². The second kappa shape index (κ2) is 6.34. The number of amides is 1. The molecule has 1 amide bonds. The van der Waals surface area contributed by atoms with Crippen molar-refractivity contribution in [3.05, 3.63) is 12.2 Å². The van der Waals surface area contributed by atoms with E-state index >= 15 is 0 Å². The van der Waals surface area contributed by atoms with Gasteiger partial charge < -0.3 is 15.2 Å². The van der Waals surface area contributed by atoms with Crippen LogP contribution in [0.4, 0.5) is 0 Å². The van der Waals surface area contributed by atoms with Crippen LogP contribution < -0.4 is 10.6 Å². The summed E-state index contributed by atoms with van der Waals surface area (Å²) in [5.41, 5.74) is 0. The summed E-state index contributed by atoms with van der Waals surface area (Å²) in [4.78, 5) is 15.7. The molecule has 1 fully saturated rings. The lowest BCUT2D eigenvalue weighted by atomic mass is 10.1. The molecule has 1 atom stereocenters. The normalized spacial score (nSPS) is 20.8. The van der Waals surface area contributed by atoms with Gasteiger partial charge in [0.15, 0.2) is 6.33 Å². The molecule has 1 aromatic rings. The predicted molar refractivity (Wildman–Crippen MR) is 61.3 cm³/mol. The highest BCUT2D eigenvalue weighted by molar-refractivity contribution is 5.81. The summed E-state index contributed by atoms with van der Waals surface area (Å²) in [7, 11) is 0. The fourth-order valence-corrected chi connectivity index (χ4v) is 1.97. The summed E-state index contributed by atoms with van der Waals surface area (Å²) in [6.07, 6.45) is 6.36. The number of carbonyl (C=O) groups excluding carboxylic acids is 1. The van der Waals surface area contributed by atoms with Crippen LogP contribution in [0.5, 0.6) is 0 Å². The van der Waals surface area contributed by atoms with Gasteiger partial charge in [-0.15, -0.1) is 0 Å². The van der Waals surface area contributed by atoms with Crippen LogP contribution in [0.15, 0.2) is 10.9 Å². The van der Waals surface area contributed by atoms with E-state index in [-0.39, 0.29) is 11.9 Å². The zero-order chi connectivity index (χ0) is 11.9.